The summed E-state index contributed by atoms with van der Waals surface area (Å²) in [6.45, 7) is -1.07. The molecule has 0 bridgehead atoms. The Morgan fingerprint density at radius 1 is 1.00 bits per heavy atom. The van der Waals surface area contributed by atoms with Gasteiger partial charge in [-0.15, -0.1) is 0 Å². The maximum Gasteiger partial charge on any atom is 0.387 e. The average molecular weight is 351 g/mol. The maximum atomic E-state index is 12.2. The lowest BCUT2D eigenvalue weighted by Crippen LogP contribution is -2.12. The first-order valence-electron chi connectivity index (χ1n) is 7.04. The fraction of sp³-hybridized carbons (Fsp3) is 0.571. The Morgan fingerprint density at radius 2 is 1.58 bits per heavy atom. The molecular weight excluding hydrogens is 332 g/mol. The number of hydrogen-bond donors (Lipinski definition) is 0. The number of nitro benzene ring substituents is 1. The van der Waals surface area contributed by atoms with Crippen LogP contribution in [-0.4, -0.2) is 58.3 Å². The van der Waals surface area contributed by atoms with Crippen LogP contribution in [0.2, 0.25) is 0 Å². The zero-order valence-electron chi connectivity index (χ0n) is 13.1. The van der Waals surface area contributed by atoms with Gasteiger partial charge in [-0.05, 0) is 0 Å². The molecule has 0 saturated carbocycles. The SMILES string of the molecule is COCCOCCOCCOc1cc(OC(F)F)cc([N+](=O)[O-])c1. The largest absolute Gasteiger partial charge is 0.491 e. The van der Waals surface area contributed by atoms with E-state index in [0.717, 1.165) is 18.2 Å². The molecule has 1 rings (SSSR count). The highest BCUT2D eigenvalue weighted by Gasteiger charge is 2.14. The third kappa shape index (κ3) is 8.56. The number of nitro groups is 1. The van der Waals surface area contributed by atoms with Gasteiger partial charge in [0.25, 0.3) is 5.69 Å². The molecule has 1 aromatic rings. The van der Waals surface area contributed by atoms with Gasteiger partial charge in [-0.25, -0.2) is 0 Å². The van der Waals surface area contributed by atoms with Crippen molar-refractivity contribution >= 4 is 5.69 Å². The Balaban J connectivity index is 2.35. The number of benzene rings is 1. The maximum absolute atomic E-state index is 12.2. The molecule has 0 aliphatic rings. The summed E-state index contributed by atoms with van der Waals surface area (Å²) in [6.07, 6.45) is 0. The van der Waals surface area contributed by atoms with E-state index in [1.807, 2.05) is 0 Å². The van der Waals surface area contributed by atoms with Crippen LogP contribution in [0.25, 0.3) is 0 Å². The first-order valence-corrected chi connectivity index (χ1v) is 7.04. The van der Waals surface area contributed by atoms with Crippen LogP contribution in [0.4, 0.5) is 14.5 Å². The van der Waals surface area contributed by atoms with Crippen LogP contribution in [0, 0.1) is 10.1 Å². The summed E-state index contributed by atoms with van der Waals surface area (Å²) in [6, 6.07) is 3.16. The number of ether oxygens (including phenoxy) is 5. The van der Waals surface area contributed by atoms with E-state index in [9.17, 15) is 18.9 Å². The van der Waals surface area contributed by atoms with E-state index in [2.05, 4.69) is 4.74 Å². The number of halogens is 2. The molecule has 0 aromatic heterocycles. The minimum Gasteiger partial charge on any atom is -0.491 e. The fourth-order valence-corrected chi connectivity index (χ4v) is 1.60. The molecule has 0 aliphatic carbocycles. The molecule has 24 heavy (non-hydrogen) atoms. The molecule has 1 aromatic carbocycles. The molecule has 0 atom stereocenters. The molecule has 10 heteroatoms. The van der Waals surface area contributed by atoms with Crippen LogP contribution < -0.4 is 9.47 Å². The lowest BCUT2D eigenvalue weighted by Gasteiger charge is -2.10. The highest BCUT2D eigenvalue weighted by Crippen LogP contribution is 2.28. The summed E-state index contributed by atoms with van der Waals surface area (Å²) in [5, 5.41) is 10.8. The van der Waals surface area contributed by atoms with Gasteiger partial charge in [-0.1, -0.05) is 0 Å². The number of non-ortho nitro benzene ring substituents is 1. The number of rotatable bonds is 13. The normalized spacial score (nSPS) is 10.8. The van der Waals surface area contributed by atoms with Crippen LogP contribution in [0.15, 0.2) is 18.2 Å². The molecule has 136 valence electrons. The smallest absolute Gasteiger partial charge is 0.387 e. The third-order valence-corrected chi connectivity index (χ3v) is 2.60. The van der Waals surface area contributed by atoms with Crippen molar-refractivity contribution in [2.45, 2.75) is 6.61 Å². The molecule has 0 heterocycles. The van der Waals surface area contributed by atoms with Gasteiger partial charge in [-0.3, -0.25) is 10.1 Å². The molecule has 0 saturated heterocycles. The average Bonchev–Trinajstić information content (AvgIpc) is 2.52. The molecule has 0 radical (unpaired) electrons. The van der Waals surface area contributed by atoms with E-state index in [4.69, 9.17) is 18.9 Å². The van der Waals surface area contributed by atoms with E-state index in [1.54, 1.807) is 7.11 Å². The lowest BCUT2D eigenvalue weighted by atomic mass is 10.3. The Labute approximate surface area is 137 Å². The standard InChI is InChI=1S/C14H19F2NO7/c1-20-2-3-21-4-5-22-6-7-23-12-8-11(17(18)19)9-13(10-12)24-14(15)16/h8-10,14H,2-7H2,1H3. The van der Waals surface area contributed by atoms with Gasteiger partial charge < -0.3 is 23.7 Å². The predicted octanol–water partition coefficient (Wildman–Crippen LogP) is 2.25. The van der Waals surface area contributed by atoms with E-state index in [1.165, 1.54) is 0 Å². The van der Waals surface area contributed by atoms with Crippen LogP contribution in [0.5, 0.6) is 11.5 Å². The van der Waals surface area contributed by atoms with Gasteiger partial charge in [0.15, 0.2) is 0 Å². The second-order valence-electron chi connectivity index (χ2n) is 4.36. The van der Waals surface area contributed by atoms with Gasteiger partial charge in [0.1, 0.15) is 18.1 Å². The van der Waals surface area contributed by atoms with Gasteiger partial charge in [0, 0.05) is 13.2 Å². The number of nitrogens with zero attached hydrogens (tertiary/aromatic N) is 1. The highest BCUT2D eigenvalue weighted by molar-refractivity contribution is 5.46. The van der Waals surface area contributed by atoms with Crippen LogP contribution in [-0.2, 0) is 14.2 Å². The summed E-state index contributed by atoms with van der Waals surface area (Å²) >= 11 is 0. The molecule has 0 spiro atoms. The summed E-state index contributed by atoms with van der Waals surface area (Å²) in [5.41, 5.74) is -0.407. The van der Waals surface area contributed by atoms with E-state index >= 15 is 0 Å². The molecule has 0 aliphatic heterocycles. The quantitative estimate of drug-likeness (QED) is 0.306. The van der Waals surface area contributed by atoms with Crippen molar-refractivity contribution in [1.82, 2.24) is 0 Å². The first kappa shape index (κ1) is 20.0. The fourth-order valence-electron chi connectivity index (χ4n) is 1.60. The highest BCUT2D eigenvalue weighted by atomic mass is 19.3. The third-order valence-electron chi connectivity index (χ3n) is 2.60. The van der Waals surface area contributed by atoms with Crippen LogP contribution >= 0.6 is 0 Å². The van der Waals surface area contributed by atoms with Crippen LogP contribution in [0.1, 0.15) is 0 Å². The summed E-state index contributed by atoms with van der Waals surface area (Å²) in [4.78, 5) is 10.1. The van der Waals surface area contributed by atoms with Crippen molar-refractivity contribution in [3.63, 3.8) is 0 Å². The monoisotopic (exact) mass is 351 g/mol. The predicted molar refractivity (Wildman–Crippen MR) is 78.7 cm³/mol. The van der Waals surface area contributed by atoms with Gasteiger partial charge in [0.05, 0.1) is 50.1 Å². The Kier molecular flexibility index (Phi) is 9.58. The van der Waals surface area contributed by atoms with Crippen LogP contribution in [0.3, 0.4) is 0 Å². The summed E-state index contributed by atoms with van der Waals surface area (Å²) in [7, 11) is 1.57. The molecular formula is C14H19F2NO7. The Hall–Kier alpha value is -2.04. The Bertz CT molecular complexity index is 502. The van der Waals surface area contributed by atoms with Crippen molar-refractivity contribution in [2.75, 3.05) is 46.8 Å². The number of hydrogen-bond acceptors (Lipinski definition) is 7. The van der Waals surface area contributed by atoms with E-state index in [-0.39, 0.29) is 24.7 Å². The van der Waals surface area contributed by atoms with Gasteiger partial charge >= 0.3 is 6.61 Å². The van der Waals surface area contributed by atoms with Crippen molar-refractivity contribution in [3.05, 3.63) is 28.3 Å². The molecule has 0 fully saturated rings. The van der Waals surface area contributed by atoms with Crippen molar-refractivity contribution in [3.8, 4) is 11.5 Å². The molecule has 0 unspecified atom stereocenters. The minimum absolute atomic E-state index is 0.0415. The van der Waals surface area contributed by atoms with Gasteiger partial charge in [0.2, 0.25) is 0 Å². The number of methoxy groups -OCH3 is 1. The lowest BCUT2D eigenvalue weighted by molar-refractivity contribution is -0.385. The Morgan fingerprint density at radius 3 is 2.17 bits per heavy atom. The summed E-state index contributed by atoms with van der Waals surface area (Å²) in [5.74, 6) is -0.304. The van der Waals surface area contributed by atoms with Gasteiger partial charge in [-0.2, -0.15) is 8.78 Å². The zero-order valence-corrected chi connectivity index (χ0v) is 13.1. The van der Waals surface area contributed by atoms with E-state index < -0.39 is 17.2 Å². The van der Waals surface area contributed by atoms with Crippen molar-refractivity contribution in [2.24, 2.45) is 0 Å². The second kappa shape index (κ2) is 11.5. The van der Waals surface area contributed by atoms with E-state index in [0.29, 0.717) is 26.4 Å². The van der Waals surface area contributed by atoms with Crippen molar-refractivity contribution < 1.29 is 37.4 Å². The topological polar surface area (TPSA) is 89.3 Å². The minimum atomic E-state index is -3.08. The molecule has 8 nitrogen and oxygen atoms in total. The molecule has 0 amide bonds. The second-order valence-corrected chi connectivity index (χ2v) is 4.36. The first-order chi connectivity index (χ1) is 11.5. The molecule has 0 N–H and O–H groups in total. The van der Waals surface area contributed by atoms with Crippen molar-refractivity contribution in [1.29, 1.82) is 0 Å². The summed E-state index contributed by atoms with van der Waals surface area (Å²) < 4.78 is 49.1. The zero-order chi connectivity index (χ0) is 17.8. The number of alkyl halides is 2.